The number of carbonyl (C=O) groups excluding carboxylic acids is 1. The Morgan fingerprint density at radius 3 is 2.35 bits per heavy atom. The van der Waals surface area contributed by atoms with Crippen molar-refractivity contribution in [3.05, 3.63) is 58.8 Å². The van der Waals surface area contributed by atoms with Crippen molar-refractivity contribution in [2.45, 2.75) is 19.1 Å². The van der Waals surface area contributed by atoms with Gasteiger partial charge in [-0.15, -0.1) is 11.8 Å². The second-order valence-corrected chi connectivity index (χ2v) is 8.35. The van der Waals surface area contributed by atoms with Gasteiger partial charge in [0.15, 0.2) is 11.5 Å². The number of methoxy groups -OCH3 is 3. The Labute approximate surface area is 185 Å². The van der Waals surface area contributed by atoms with Crippen LogP contribution in [0.4, 0.5) is 5.82 Å². The Hall–Kier alpha value is -3.13. The maximum Gasteiger partial charge on any atom is 0.235 e. The standard InChI is InChI=1S/C23H25N3O4S/c1-13-6-8-15(9-7-13)26-23-19(14(2)25-26)22(31-12-18(27)24-23)16-10-11-17(28-3)21(30-5)20(16)29-4/h6-11,22H,12H2,1-5H3,(H,24,27). The van der Waals surface area contributed by atoms with Crippen molar-refractivity contribution >= 4 is 23.5 Å². The van der Waals surface area contributed by atoms with Crippen molar-refractivity contribution in [1.82, 2.24) is 9.78 Å². The number of thioether (sulfide) groups is 1. The van der Waals surface area contributed by atoms with Gasteiger partial charge in [-0.3, -0.25) is 4.79 Å². The number of benzene rings is 2. The molecule has 8 heteroatoms. The molecule has 1 N–H and O–H groups in total. The van der Waals surface area contributed by atoms with Crippen LogP contribution in [-0.4, -0.2) is 42.8 Å². The fourth-order valence-corrected chi connectivity index (χ4v) is 5.04. The molecular formula is C23H25N3O4S. The van der Waals surface area contributed by atoms with Crippen LogP contribution in [0.2, 0.25) is 0 Å². The molecule has 0 spiro atoms. The smallest absolute Gasteiger partial charge is 0.235 e. The average Bonchev–Trinajstić information content (AvgIpc) is 2.98. The maximum atomic E-state index is 12.6. The third kappa shape index (κ3) is 3.72. The zero-order valence-electron chi connectivity index (χ0n) is 18.2. The predicted octanol–water partition coefficient (Wildman–Crippen LogP) is 4.29. The van der Waals surface area contributed by atoms with Crippen molar-refractivity contribution in [1.29, 1.82) is 0 Å². The number of carbonyl (C=O) groups is 1. The molecule has 4 rings (SSSR count). The van der Waals surface area contributed by atoms with E-state index in [1.807, 2.05) is 50.2 Å². The highest BCUT2D eigenvalue weighted by Gasteiger charge is 2.33. The lowest BCUT2D eigenvalue weighted by Gasteiger charge is -2.21. The minimum absolute atomic E-state index is 0.0681. The van der Waals surface area contributed by atoms with E-state index >= 15 is 0 Å². The zero-order valence-corrected chi connectivity index (χ0v) is 19.0. The monoisotopic (exact) mass is 439 g/mol. The predicted molar refractivity (Wildman–Crippen MR) is 122 cm³/mol. The molecule has 162 valence electrons. The topological polar surface area (TPSA) is 74.6 Å². The summed E-state index contributed by atoms with van der Waals surface area (Å²) in [5, 5.41) is 7.65. The summed E-state index contributed by atoms with van der Waals surface area (Å²) in [5.74, 6) is 2.62. The van der Waals surface area contributed by atoms with Crippen molar-refractivity contribution in [3.63, 3.8) is 0 Å². The summed E-state index contributed by atoms with van der Waals surface area (Å²) in [6.45, 7) is 4.00. The normalized spacial score (nSPS) is 15.6. The molecule has 3 aromatic rings. The van der Waals surface area contributed by atoms with E-state index in [1.54, 1.807) is 26.0 Å². The van der Waals surface area contributed by atoms with Crippen molar-refractivity contribution < 1.29 is 19.0 Å². The van der Waals surface area contributed by atoms with Gasteiger partial charge in [-0.25, -0.2) is 4.68 Å². The first-order valence-corrected chi connectivity index (χ1v) is 10.9. The van der Waals surface area contributed by atoms with E-state index in [9.17, 15) is 4.79 Å². The number of fused-ring (bicyclic) bond motifs is 1. The van der Waals surface area contributed by atoms with Gasteiger partial charge in [0, 0.05) is 11.1 Å². The Morgan fingerprint density at radius 2 is 1.71 bits per heavy atom. The van der Waals surface area contributed by atoms with Gasteiger partial charge in [-0.1, -0.05) is 17.7 Å². The van der Waals surface area contributed by atoms with Gasteiger partial charge < -0.3 is 19.5 Å². The van der Waals surface area contributed by atoms with Crippen LogP contribution in [0.1, 0.15) is 27.6 Å². The quantitative estimate of drug-likeness (QED) is 0.639. The molecule has 31 heavy (non-hydrogen) atoms. The van der Waals surface area contributed by atoms with Gasteiger partial charge in [0.25, 0.3) is 0 Å². The highest BCUT2D eigenvalue weighted by Crippen LogP contribution is 2.50. The zero-order chi connectivity index (χ0) is 22.1. The van der Waals surface area contributed by atoms with Crippen molar-refractivity contribution in [2.24, 2.45) is 0 Å². The summed E-state index contributed by atoms with van der Waals surface area (Å²) >= 11 is 1.53. The molecule has 7 nitrogen and oxygen atoms in total. The molecule has 1 aromatic heterocycles. The fourth-order valence-electron chi connectivity index (χ4n) is 3.83. The van der Waals surface area contributed by atoms with Gasteiger partial charge in [-0.05, 0) is 38.1 Å². The lowest BCUT2D eigenvalue weighted by Crippen LogP contribution is -2.15. The third-order valence-electron chi connectivity index (χ3n) is 5.30. The largest absolute Gasteiger partial charge is 0.493 e. The van der Waals surface area contributed by atoms with Gasteiger partial charge >= 0.3 is 0 Å². The summed E-state index contributed by atoms with van der Waals surface area (Å²) in [6, 6.07) is 11.9. The number of ether oxygens (including phenoxy) is 3. The summed E-state index contributed by atoms with van der Waals surface area (Å²) in [4.78, 5) is 12.6. The van der Waals surface area contributed by atoms with E-state index in [-0.39, 0.29) is 11.2 Å². The number of hydrogen-bond acceptors (Lipinski definition) is 6. The molecule has 1 aliphatic heterocycles. The van der Waals surface area contributed by atoms with Crippen LogP contribution in [0.25, 0.3) is 5.69 Å². The van der Waals surface area contributed by atoms with Crippen LogP contribution in [-0.2, 0) is 4.79 Å². The van der Waals surface area contributed by atoms with Crippen LogP contribution < -0.4 is 19.5 Å². The Morgan fingerprint density at radius 1 is 1.00 bits per heavy atom. The van der Waals surface area contributed by atoms with E-state index in [0.717, 1.165) is 28.1 Å². The van der Waals surface area contributed by atoms with Crippen molar-refractivity contribution in [3.8, 4) is 22.9 Å². The molecule has 0 saturated heterocycles. The molecule has 1 unspecified atom stereocenters. The Balaban J connectivity index is 1.92. The minimum Gasteiger partial charge on any atom is -0.493 e. The second-order valence-electron chi connectivity index (χ2n) is 7.26. The second kappa shape index (κ2) is 8.55. The highest BCUT2D eigenvalue weighted by molar-refractivity contribution is 8.00. The van der Waals surface area contributed by atoms with E-state index < -0.39 is 0 Å². The number of hydrogen-bond donors (Lipinski definition) is 1. The maximum absolute atomic E-state index is 12.6. The number of nitrogens with one attached hydrogen (secondary N) is 1. The molecule has 1 atom stereocenters. The molecule has 2 aromatic carbocycles. The first-order valence-electron chi connectivity index (χ1n) is 9.85. The van der Waals surface area contributed by atoms with Gasteiger partial charge in [0.2, 0.25) is 11.7 Å². The van der Waals surface area contributed by atoms with E-state index in [1.165, 1.54) is 11.8 Å². The third-order valence-corrected chi connectivity index (χ3v) is 6.56. The fraction of sp³-hybridized carbons (Fsp3) is 0.304. The summed E-state index contributed by atoms with van der Waals surface area (Å²) in [5.41, 5.74) is 4.73. The Bertz CT molecular complexity index is 1120. The number of rotatable bonds is 5. The number of nitrogens with zero attached hydrogens (tertiary/aromatic N) is 2. The minimum atomic E-state index is -0.178. The first-order chi connectivity index (χ1) is 15.0. The SMILES string of the molecule is COc1ccc(C2SCC(=O)Nc3c2c(C)nn3-c2ccc(C)cc2)c(OC)c1OC. The van der Waals surface area contributed by atoms with Crippen LogP contribution in [0.3, 0.4) is 0 Å². The lowest BCUT2D eigenvalue weighted by atomic mass is 10.0. The number of aryl methyl sites for hydroxylation is 2. The van der Waals surface area contributed by atoms with Crippen molar-refractivity contribution in [2.75, 3.05) is 32.4 Å². The number of aromatic nitrogens is 2. The van der Waals surface area contributed by atoms with Gasteiger partial charge in [0.05, 0.1) is 43.7 Å². The van der Waals surface area contributed by atoms with Crippen LogP contribution in [0.5, 0.6) is 17.2 Å². The highest BCUT2D eigenvalue weighted by atomic mass is 32.2. The van der Waals surface area contributed by atoms with E-state index in [2.05, 4.69) is 5.32 Å². The van der Waals surface area contributed by atoms with Gasteiger partial charge in [-0.2, -0.15) is 5.10 Å². The molecule has 0 bridgehead atoms. The molecule has 0 radical (unpaired) electrons. The van der Waals surface area contributed by atoms with E-state index in [0.29, 0.717) is 28.8 Å². The molecular weight excluding hydrogens is 414 g/mol. The molecule has 1 amide bonds. The first kappa shape index (κ1) is 21.1. The summed E-state index contributed by atoms with van der Waals surface area (Å²) < 4.78 is 18.6. The molecule has 0 fully saturated rings. The molecule has 0 aliphatic carbocycles. The molecule has 0 saturated carbocycles. The molecule has 1 aliphatic rings. The average molecular weight is 440 g/mol. The summed E-state index contributed by atoms with van der Waals surface area (Å²) in [7, 11) is 4.78. The molecule has 2 heterocycles. The van der Waals surface area contributed by atoms with Gasteiger partial charge in [0.1, 0.15) is 5.82 Å². The Kier molecular flexibility index (Phi) is 5.82. The van der Waals surface area contributed by atoms with Crippen LogP contribution in [0, 0.1) is 13.8 Å². The van der Waals surface area contributed by atoms with Crippen LogP contribution >= 0.6 is 11.8 Å². The lowest BCUT2D eigenvalue weighted by molar-refractivity contribution is -0.113. The summed E-state index contributed by atoms with van der Waals surface area (Å²) in [6.07, 6.45) is 0. The van der Waals surface area contributed by atoms with E-state index in [4.69, 9.17) is 19.3 Å². The number of anilines is 1. The van der Waals surface area contributed by atoms with Crippen LogP contribution in [0.15, 0.2) is 36.4 Å². The number of amides is 1.